The lowest BCUT2D eigenvalue weighted by Gasteiger charge is -2.28. The number of rotatable bonds is 5. The number of halogens is 1. The van der Waals surface area contributed by atoms with Crippen molar-refractivity contribution < 1.29 is 16.8 Å². The van der Waals surface area contributed by atoms with E-state index >= 15 is 0 Å². The minimum Gasteiger partial charge on any atom is -0.297 e. The summed E-state index contributed by atoms with van der Waals surface area (Å²) in [5.41, 5.74) is 1.00. The Balaban J connectivity index is 1.91. The van der Waals surface area contributed by atoms with Crippen LogP contribution in [0.15, 0.2) is 46.7 Å². The van der Waals surface area contributed by atoms with Gasteiger partial charge in [-0.2, -0.15) is 0 Å². The predicted octanol–water partition coefficient (Wildman–Crippen LogP) is 2.47. The van der Waals surface area contributed by atoms with Crippen LogP contribution in [0.2, 0.25) is 4.34 Å². The van der Waals surface area contributed by atoms with Crippen LogP contribution in [0.3, 0.4) is 0 Å². The molecule has 2 atom stereocenters. The molecular formula is C16H18ClNO4S3. The largest absolute Gasteiger partial charge is 0.297 e. The third-order valence-electron chi connectivity index (χ3n) is 4.34. The minimum absolute atomic E-state index is 0.123. The first-order valence-corrected chi connectivity index (χ1v) is 12.2. The van der Waals surface area contributed by atoms with E-state index in [2.05, 4.69) is 0 Å². The Hall–Kier alpha value is -0.930. The van der Waals surface area contributed by atoms with E-state index in [1.165, 1.54) is 12.1 Å². The van der Waals surface area contributed by atoms with Crippen LogP contribution < -0.4 is 0 Å². The normalized spacial score (nSPS) is 23.2. The summed E-state index contributed by atoms with van der Waals surface area (Å²) in [6.07, 6.45) is 0. The maximum absolute atomic E-state index is 13.0. The number of hydrogen-bond acceptors (Lipinski definition) is 6. The van der Waals surface area contributed by atoms with Crippen LogP contribution in [-0.4, -0.2) is 51.6 Å². The number of thiophene rings is 1. The summed E-state index contributed by atoms with van der Waals surface area (Å²) in [5.74, 6) is -0.506. The van der Waals surface area contributed by atoms with Gasteiger partial charge >= 0.3 is 0 Å². The van der Waals surface area contributed by atoms with Crippen LogP contribution in [0.25, 0.3) is 0 Å². The zero-order valence-corrected chi connectivity index (χ0v) is 16.7. The van der Waals surface area contributed by atoms with Crippen molar-refractivity contribution in [2.75, 3.05) is 18.6 Å². The fourth-order valence-electron chi connectivity index (χ4n) is 3.09. The highest BCUT2D eigenvalue weighted by Gasteiger charge is 2.47. The molecule has 0 N–H and O–H groups in total. The topological polar surface area (TPSA) is 71.5 Å². The Bertz CT molecular complexity index is 954. The predicted molar refractivity (Wildman–Crippen MR) is 101 cm³/mol. The molecule has 0 radical (unpaired) electrons. The van der Waals surface area contributed by atoms with E-state index < -0.39 is 31.0 Å². The molecule has 136 valence electrons. The zero-order valence-electron chi connectivity index (χ0n) is 13.5. The maximum Gasteiger partial charge on any atom is 0.193 e. The van der Waals surface area contributed by atoms with Gasteiger partial charge in [-0.25, -0.2) is 16.8 Å². The van der Waals surface area contributed by atoms with Crippen LogP contribution in [-0.2, 0) is 26.2 Å². The van der Waals surface area contributed by atoms with Crippen molar-refractivity contribution >= 4 is 42.6 Å². The van der Waals surface area contributed by atoms with Crippen molar-refractivity contribution in [2.24, 2.45) is 0 Å². The first-order valence-electron chi connectivity index (χ1n) is 7.63. The molecule has 1 aliphatic rings. The van der Waals surface area contributed by atoms with Gasteiger partial charge in [0.1, 0.15) is 4.21 Å². The van der Waals surface area contributed by atoms with E-state index in [0.717, 1.165) is 16.9 Å². The summed E-state index contributed by atoms with van der Waals surface area (Å²) in [6.45, 7) is 0.484. The van der Waals surface area contributed by atoms with Gasteiger partial charge in [0.05, 0.1) is 21.1 Å². The average molecular weight is 420 g/mol. The van der Waals surface area contributed by atoms with Crippen molar-refractivity contribution in [1.82, 2.24) is 4.90 Å². The molecule has 25 heavy (non-hydrogen) atoms. The summed E-state index contributed by atoms with van der Waals surface area (Å²) >= 11 is 6.82. The van der Waals surface area contributed by atoms with E-state index in [0.29, 0.717) is 10.9 Å². The van der Waals surface area contributed by atoms with Gasteiger partial charge in [0.15, 0.2) is 19.7 Å². The van der Waals surface area contributed by atoms with Gasteiger partial charge in [-0.1, -0.05) is 41.9 Å². The molecule has 5 nitrogen and oxygen atoms in total. The molecule has 1 aromatic carbocycles. The fraction of sp³-hybridized carbons (Fsp3) is 0.375. The van der Waals surface area contributed by atoms with E-state index in [1.807, 2.05) is 35.2 Å². The minimum atomic E-state index is -3.76. The molecule has 3 rings (SSSR count). The Labute approximate surface area is 157 Å². The van der Waals surface area contributed by atoms with Crippen LogP contribution in [0.4, 0.5) is 0 Å². The van der Waals surface area contributed by atoms with Gasteiger partial charge in [-0.3, -0.25) is 4.90 Å². The third kappa shape index (κ3) is 4.09. The highest BCUT2D eigenvalue weighted by molar-refractivity contribution is 7.97. The first kappa shape index (κ1) is 18.8. The quantitative estimate of drug-likeness (QED) is 0.744. The summed E-state index contributed by atoms with van der Waals surface area (Å²) in [7, 11) is -5.41. The fourth-order valence-corrected chi connectivity index (χ4v) is 9.71. The molecule has 2 aromatic rings. The molecule has 1 fully saturated rings. The van der Waals surface area contributed by atoms with Gasteiger partial charge < -0.3 is 0 Å². The Morgan fingerprint density at radius 2 is 1.84 bits per heavy atom. The number of benzene rings is 1. The zero-order chi connectivity index (χ0) is 18.2. The molecule has 0 unspecified atom stereocenters. The lowest BCUT2D eigenvalue weighted by Crippen LogP contribution is -2.43. The first-order chi connectivity index (χ1) is 11.7. The second kappa shape index (κ2) is 7.00. The van der Waals surface area contributed by atoms with E-state index in [4.69, 9.17) is 11.6 Å². The summed E-state index contributed by atoms with van der Waals surface area (Å²) < 4.78 is 50.8. The highest BCUT2D eigenvalue weighted by Crippen LogP contribution is 2.34. The molecule has 1 saturated heterocycles. The molecule has 1 aliphatic heterocycles. The van der Waals surface area contributed by atoms with Crippen molar-refractivity contribution in [3.05, 3.63) is 52.4 Å². The van der Waals surface area contributed by atoms with Gasteiger partial charge in [-0.15, -0.1) is 11.3 Å². The molecule has 0 saturated carbocycles. The number of nitrogens with zero attached hydrogens (tertiary/aromatic N) is 1. The molecule has 0 bridgehead atoms. The van der Waals surface area contributed by atoms with Crippen molar-refractivity contribution in [1.29, 1.82) is 0 Å². The SMILES string of the molecule is CN(Cc1ccccc1)[C@H]1CS(=O)(=O)C[C@@H]1S(=O)(=O)c1ccc(Cl)s1. The number of hydrogen-bond donors (Lipinski definition) is 0. The van der Waals surface area contributed by atoms with Crippen molar-refractivity contribution in [3.8, 4) is 0 Å². The standard InChI is InChI=1S/C16H18ClNO4S3/c1-18(9-12-5-3-2-4-6-12)13-10-24(19,20)11-14(13)25(21,22)16-8-7-15(17)23-16/h2-8,13-14H,9-11H2,1H3/t13-,14-/m0/s1. The summed E-state index contributed by atoms with van der Waals surface area (Å²) in [6, 6.07) is 11.9. The summed E-state index contributed by atoms with van der Waals surface area (Å²) in [5, 5.41) is -0.985. The van der Waals surface area contributed by atoms with Gasteiger partial charge in [0.25, 0.3) is 0 Å². The molecule has 0 amide bonds. The Morgan fingerprint density at radius 3 is 2.44 bits per heavy atom. The Morgan fingerprint density at radius 1 is 1.16 bits per heavy atom. The van der Waals surface area contributed by atoms with E-state index in [-0.39, 0.29) is 15.7 Å². The molecule has 0 aliphatic carbocycles. The molecule has 9 heteroatoms. The van der Waals surface area contributed by atoms with Crippen LogP contribution in [0, 0.1) is 0 Å². The lowest BCUT2D eigenvalue weighted by molar-refractivity contribution is 0.255. The van der Waals surface area contributed by atoms with Crippen LogP contribution in [0.5, 0.6) is 0 Å². The second-order valence-electron chi connectivity index (χ2n) is 6.19. The van der Waals surface area contributed by atoms with Gasteiger partial charge in [0, 0.05) is 12.6 Å². The molecule has 0 spiro atoms. The highest BCUT2D eigenvalue weighted by atomic mass is 35.5. The van der Waals surface area contributed by atoms with E-state index in [1.54, 1.807) is 7.05 Å². The van der Waals surface area contributed by atoms with Gasteiger partial charge in [0.2, 0.25) is 0 Å². The smallest absolute Gasteiger partial charge is 0.193 e. The molecular weight excluding hydrogens is 402 g/mol. The van der Waals surface area contributed by atoms with Crippen LogP contribution >= 0.6 is 22.9 Å². The second-order valence-corrected chi connectivity index (χ2v) is 12.4. The number of sulfone groups is 2. The van der Waals surface area contributed by atoms with Crippen molar-refractivity contribution in [2.45, 2.75) is 22.0 Å². The average Bonchev–Trinajstić information content (AvgIpc) is 3.12. The third-order valence-corrected chi connectivity index (χ3v) is 10.2. The van der Waals surface area contributed by atoms with Gasteiger partial charge in [-0.05, 0) is 24.7 Å². The lowest BCUT2D eigenvalue weighted by atomic mass is 10.1. The summed E-state index contributed by atoms with van der Waals surface area (Å²) in [4.78, 5) is 1.82. The Kier molecular flexibility index (Phi) is 5.28. The van der Waals surface area contributed by atoms with Crippen LogP contribution in [0.1, 0.15) is 5.56 Å². The maximum atomic E-state index is 13.0. The molecule has 2 heterocycles. The van der Waals surface area contributed by atoms with Crippen molar-refractivity contribution in [3.63, 3.8) is 0 Å². The van der Waals surface area contributed by atoms with E-state index in [9.17, 15) is 16.8 Å². The molecule has 1 aromatic heterocycles. The monoisotopic (exact) mass is 419 g/mol.